The summed E-state index contributed by atoms with van der Waals surface area (Å²) in [6.45, 7) is 4.50. The van der Waals surface area contributed by atoms with E-state index in [9.17, 15) is 4.79 Å². The highest BCUT2D eigenvalue weighted by Crippen LogP contribution is 2.12. The Morgan fingerprint density at radius 3 is 2.78 bits per heavy atom. The normalized spacial score (nSPS) is 10.3. The van der Waals surface area contributed by atoms with E-state index in [0.29, 0.717) is 24.7 Å². The van der Waals surface area contributed by atoms with Crippen LogP contribution in [0.4, 0.5) is 0 Å². The number of nitrogens with zero attached hydrogens (tertiary/aromatic N) is 3. The number of carbonyl (C=O) groups is 1. The number of aromatic nitrogens is 3. The molecule has 5 nitrogen and oxygen atoms in total. The maximum absolute atomic E-state index is 11.9. The molecule has 0 atom stereocenters. The van der Waals surface area contributed by atoms with Gasteiger partial charge in [-0.25, -0.2) is 14.8 Å². The van der Waals surface area contributed by atoms with Crippen LogP contribution in [0.15, 0.2) is 30.7 Å². The number of hydrogen-bond donors (Lipinski definition) is 0. The molecule has 0 unspecified atom stereocenters. The van der Waals surface area contributed by atoms with E-state index in [1.54, 1.807) is 25.4 Å². The van der Waals surface area contributed by atoms with Crippen molar-refractivity contribution in [2.45, 2.75) is 20.4 Å². The van der Waals surface area contributed by atoms with Gasteiger partial charge in [0.25, 0.3) is 0 Å². The first kappa shape index (κ1) is 12.3. The van der Waals surface area contributed by atoms with E-state index in [1.165, 1.54) is 0 Å². The summed E-state index contributed by atoms with van der Waals surface area (Å²) in [4.78, 5) is 20.1. The van der Waals surface area contributed by atoms with Crippen LogP contribution in [0.2, 0.25) is 0 Å². The van der Waals surface area contributed by atoms with Gasteiger partial charge in [-0.2, -0.15) is 0 Å². The molecule has 0 aromatic carbocycles. The molecule has 2 aromatic heterocycles. The summed E-state index contributed by atoms with van der Waals surface area (Å²) in [5, 5.41) is 0. The second-order valence-corrected chi connectivity index (χ2v) is 3.86. The van der Waals surface area contributed by atoms with Crippen molar-refractivity contribution in [2.24, 2.45) is 0 Å². The molecule has 5 heteroatoms. The smallest absolute Gasteiger partial charge is 0.355 e. The predicted molar refractivity (Wildman–Crippen MR) is 66.3 cm³/mol. The molecule has 2 rings (SSSR count). The second-order valence-electron chi connectivity index (χ2n) is 3.86. The van der Waals surface area contributed by atoms with E-state index in [-0.39, 0.29) is 5.97 Å². The molecule has 2 aromatic rings. The van der Waals surface area contributed by atoms with Gasteiger partial charge in [-0.1, -0.05) is 0 Å². The van der Waals surface area contributed by atoms with Gasteiger partial charge in [-0.3, -0.25) is 0 Å². The van der Waals surface area contributed by atoms with E-state index in [0.717, 1.165) is 5.56 Å². The highest BCUT2D eigenvalue weighted by atomic mass is 16.5. The fourth-order valence-corrected chi connectivity index (χ4v) is 1.76. The zero-order valence-electron chi connectivity index (χ0n) is 10.5. The van der Waals surface area contributed by atoms with Gasteiger partial charge >= 0.3 is 5.97 Å². The lowest BCUT2D eigenvalue weighted by Gasteiger charge is -2.08. The zero-order valence-corrected chi connectivity index (χ0v) is 10.5. The van der Waals surface area contributed by atoms with E-state index in [1.807, 2.05) is 23.8 Å². The molecule has 0 saturated heterocycles. The van der Waals surface area contributed by atoms with Crippen LogP contribution in [0.5, 0.6) is 0 Å². The molecule has 18 heavy (non-hydrogen) atoms. The van der Waals surface area contributed by atoms with Crippen molar-refractivity contribution in [1.29, 1.82) is 0 Å². The van der Waals surface area contributed by atoms with Crippen molar-refractivity contribution in [2.75, 3.05) is 6.61 Å². The van der Waals surface area contributed by atoms with Crippen LogP contribution in [0.3, 0.4) is 0 Å². The van der Waals surface area contributed by atoms with Gasteiger partial charge in [0.1, 0.15) is 11.5 Å². The summed E-state index contributed by atoms with van der Waals surface area (Å²) in [5.41, 5.74) is 1.45. The molecule has 0 amide bonds. The highest BCUT2D eigenvalue weighted by molar-refractivity contribution is 5.89. The van der Waals surface area contributed by atoms with Crippen LogP contribution >= 0.6 is 0 Å². The Labute approximate surface area is 105 Å². The van der Waals surface area contributed by atoms with Gasteiger partial charge in [0, 0.05) is 18.6 Å². The molecule has 94 valence electrons. The quantitative estimate of drug-likeness (QED) is 0.771. The topological polar surface area (TPSA) is 57.0 Å². The lowest BCUT2D eigenvalue weighted by molar-refractivity contribution is 0.0513. The minimum atomic E-state index is -0.309. The van der Waals surface area contributed by atoms with Crippen molar-refractivity contribution in [3.63, 3.8) is 0 Å². The van der Waals surface area contributed by atoms with Crippen LogP contribution in [-0.2, 0) is 11.3 Å². The lowest BCUT2D eigenvalue weighted by atomic mass is 10.3. The highest BCUT2D eigenvalue weighted by Gasteiger charge is 2.16. The lowest BCUT2D eigenvalue weighted by Crippen LogP contribution is -2.14. The number of aryl methyl sites for hydroxylation is 1. The van der Waals surface area contributed by atoms with Gasteiger partial charge in [0.2, 0.25) is 0 Å². The standard InChI is InChI=1S/C13H15N3O2/c1-3-18-13(17)12-10(2)5-8-16(12)9-11-14-6-4-7-15-11/h4-8H,3,9H2,1-2H3. The number of esters is 1. The molecule has 0 radical (unpaired) electrons. The molecule has 0 saturated carbocycles. The van der Waals surface area contributed by atoms with Crippen molar-refractivity contribution < 1.29 is 9.53 Å². The molecule has 0 aliphatic heterocycles. The van der Waals surface area contributed by atoms with Crippen molar-refractivity contribution >= 4 is 5.97 Å². The fourth-order valence-electron chi connectivity index (χ4n) is 1.76. The average molecular weight is 245 g/mol. The number of hydrogen-bond acceptors (Lipinski definition) is 4. The van der Waals surface area contributed by atoms with Crippen molar-refractivity contribution in [3.8, 4) is 0 Å². The van der Waals surface area contributed by atoms with E-state index >= 15 is 0 Å². The number of ether oxygens (including phenoxy) is 1. The molecule has 0 spiro atoms. The Morgan fingerprint density at radius 1 is 1.39 bits per heavy atom. The Balaban J connectivity index is 2.26. The van der Waals surface area contributed by atoms with Crippen LogP contribution in [0.25, 0.3) is 0 Å². The summed E-state index contributed by atoms with van der Waals surface area (Å²) >= 11 is 0. The van der Waals surface area contributed by atoms with Crippen molar-refractivity contribution in [1.82, 2.24) is 14.5 Å². The Bertz CT molecular complexity index is 534. The van der Waals surface area contributed by atoms with Crippen LogP contribution in [0, 0.1) is 6.92 Å². The molecule has 0 fully saturated rings. The molecule has 0 aliphatic rings. The van der Waals surface area contributed by atoms with Gasteiger partial charge in [0.15, 0.2) is 0 Å². The van der Waals surface area contributed by atoms with Gasteiger partial charge in [-0.15, -0.1) is 0 Å². The monoisotopic (exact) mass is 245 g/mol. The first-order valence-corrected chi connectivity index (χ1v) is 5.81. The summed E-state index contributed by atoms with van der Waals surface area (Å²) < 4.78 is 6.85. The molecule has 0 N–H and O–H groups in total. The first-order valence-electron chi connectivity index (χ1n) is 5.81. The third kappa shape index (κ3) is 2.56. The van der Waals surface area contributed by atoms with E-state index in [4.69, 9.17) is 4.74 Å². The number of carbonyl (C=O) groups excluding carboxylic acids is 1. The Morgan fingerprint density at radius 2 is 2.11 bits per heavy atom. The average Bonchev–Trinajstić information content (AvgIpc) is 2.72. The van der Waals surface area contributed by atoms with Gasteiger partial charge in [-0.05, 0) is 31.5 Å². The number of rotatable bonds is 4. The summed E-state index contributed by atoms with van der Waals surface area (Å²) in [7, 11) is 0. The largest absolute Gasteiger partial charge is 0.461 e. The minimum absolute atomic E-state index is 0.309. The Hall–Kier alpha value is -2.17. The maximum atomic E-state index is 11.9. The SMILES string of the molecule is CCOC(=O)c1c(C)ccn1Cc1ncccn1. The van der Waals surface area contributed by atoms with E-state index < -0.39 is 0 Å². The summed E-state index contributed by atoms with van der Waals surface area (Å²) in [6.07, 6.45) is 5.21. The fraction of sp³-hybridized carbons (Fsp3) is 0.308. The predicted octanol–water partition coefficient (Wildman–Crippen LogP) is 1.81. The maximum Gasteiger partial charge on any atom is 0.355 e. The third-order valence-corrected chi connectivity index (χ3v) is 2.57. The molecule has 0 aliphatic carbocycles. The zero-order chi connectivity index (χ0) is 13.0. The van der Waals surface area contributed by atoms with Crippen molar-refractivity contribution in [3.05, 3.63) is 47.8 Å². The van der Waals surface area contributed by atoms with Crippen LogP contribution < -0.4 is 0 Å². The van der Waals surface area contributed by atoms with Crippen LogP contribution in [-0.4, -0.2) is 27.1 Å². The molecular formula is C13H15N3O2. The van der Waals surface area contributed by atoms with Gasteiger partial charge in [0.05, 0.1) is 13.2 Å². The molecular weight excluding hydrogens is 230 g/mol. The van der Waals surface area contributed by atoms with Gasteiger partial charge < -0.3 is 9.30 Å². The van der Waals surface area contributed by atoms with E-state index in [2.05, 4.69) is 9.97 Å². The Kier molecular flexibility index (Phi) is 3.72. The van der Waals surface area contributed by atoms with Crippen LogP contribution in [0.1, 0.15) is 28.8 Å². The summed E-state index contributed by atoms with van der Waals surface area (Å²) in [6, 6.07) is 3.64. The summed E-state index contributed by atoms with van der Waals surface area (Å²) in [5.74, 6) is 0.356. The molecule has 0 bridgehead atoms. The molecule has 2 heterocycles. The minimum Gasteiger partial charge on any atom is -0.461 e. The third-order valence-electron chi connectivity index (χ3n) is 2.57. The first-order chi connectivity index (χ1) is 8.72. The second kappa shape index (κ2) is 5.44.